The molecule has 2 rings (SSSR count). The van der Waals surface area contributed by atoms with E-state index in [9.17, 15) is 4.79 Å². The highest BCUT2D eigenvalue weighted by atomic mass is 35.5. The number of aromatic nitrogens is 1. The van der Waals surface area contributed by atoms with Gasteiger partial charge in [-0.3, -0.25) is 4.79 Å². The normalized spacial score (nSPS) is 15.0. The summed E-state index contributed by atoms with van der Waals surface area (Å²) in [5.74, 6) is 1.25. The van der Waals surface area contributed by atoms with Crippen molar-refractivity contribution < 1.29 is 9.53 Å². The molecule has 1 aromatic rings. The standard InChI is InChI=1S/C11H12ClNO2/c12-10-5-9(7-14)6-13-11(10)15-4-3-8-1-2-8/h5-8H,1-4H2. The van der Waals surface area contributed by atoms with Crippen molar-refractivity contribution in [3.8, 4) is 5.88 Å². The summed E-state index contributed by atoms with van der Waals surface area (Å²) in [5, 5.41) is 0.399. The fourth-order valence-electron chi connectivity index (χ4n) is 1.34. The van der Waals surface area contributed by atoms with Crippen LogP contribution in [0.4, 0.5) is 0 Å². The third-order valence-corrected chi connectivity index (χ3v) is 2.70. The Morgan fingerprint density at radius 2 is 2.40 bits per heavy atom. The van der Waals surface area contributed by atoms with Crippen LogP contribution in [0, 0.1) is 5.92 Å². The average Bonchev–Trinajstić information content (AvgIpc) is 3.04. The number of rotatable bonds is 5. The summed E-state index contributed by atoms with van der Waals surface area (Å²) < 4.78 is 5.43. The highest BCUT2D eigenvalue weighted by molar-refractivity contribution is 6.32. The summed E-state index contributed by atoms with van der Waals surface area (Å²) in [4.78, 5) is 14.4. The van der Waals surface area contributed by atoms with E-state index in [1.165, 1.54) is 19.0 Å². The summed E-state index contributed by atoms with van der Waals surface area (Å²) in [6.07, 6.45) is 5.87. The van der Waals surface area contributed by atoms with Gasteiger partial charge in [0.25, 0.3) is 0 Å². The molecule has 1 heterocycles. The Morgan fingerprint density at radius 1 is 1.60 bits per heavy atom. The van der Waals surface area contributed by atoms with Crippen molar-refractivity contribution in [2.75, 3.05) is 6.61 Å². The largest absolute Gasteiger partial charge is 0.477 e. The van der Waals surface area contributed by atoms with Crippen LogP contribution in [0.5, 0.6) is 5.88 Å². The van der Waals surface area contributed by atoms with E-state index in [1.54, 1.807) is 6.07 Å². The Kier molecular flexibility index (Phi) is 3.21. The molecule has 15 heavy (non-hydrogen) atoms. The topological polar surface area (TPSA) is 39.2 Å². The van der Waals surface area contributed by atoms with Crippen molar-refractivity contribution in [1.29, 1.82) is 0 Å². The van der Waals surface area contributed by atoms with E-state index in [0.717, 1.165) is 12.3 Å². The molecule has 1 saturated carbocycles. The maximum absolute atomic E-state index is 10.4. The first kappa shape index (κ1) is 10.4. The van der Waals surface area contributed by atoms with Crippen molar-refractivity contribution in [3.05, 3.63) is 22.8 Å². The van der Waals surface area contributed by atoms with Gasteiger partial charge in [0.2, 0.25) is 5.88 Å². The van der Waals surface area contributed by atoms with Gasteiger partial charge in [-0.05, 0) is 18.4 Å². The molecule has 80 valence electrons. The number of pyridine rings is 1. The predicted octanol–water partition coefficient (Wildman–Crippen LogP) is 2.73. The lowest BCUT2D eigenvalue weighted by Gasteiger charge is -2.06. The molecule has 0 atom stereocenters. The first-order valence-corrected chi connectivity index (χ1v) is 5.41. The molecule has 3 nitrogen and oxygen atoms in total. The van der Waals surface area contributed by atoms with Crippen molar-refractivity contribution >= 4 is 17.9 Å². The van der Waals surface area contributed by atoms with Crippen molar-refractivity contribution in [2.45, 2.75) is 19.3 Å². The molecule has 0 aromatic carbocycles. The van der Waals surface area contributed by atoms with Crippen molar-refractivity contribution in [2.24, 2.45) is 5.92 Å². The van der Waals surface area contributed by atoms with Gasteiger partial charge < -0.3 is 4.74 Å². The summed E-state index contributed by atoms with van der Waals surface area (Å²) in [7, 11) is 0. The molecule has 0 radical (unpaired) electrons. The van der Waals surface area contributed by atoms with Gasteiger partial charge in [-0.2, -0.15) is 0 Å². The minimum atomic E-state index is 0.399. The zero-order chi connectivity index (χ0) is 10.7. The van der Waals surface area contributed by atoms with Gasteiger partial charge in [0.05, 0.1) is 6.61 Å². The van der Waals surface area contributed by atoms with Crippen LogP contribution in [0.2, 0.25) is 5.02 Å². The van der Waals surface area contributed by atoms with Crippen LogP contribution in [0.25, 0.3) is 0 Å². The van der Waals surface area contributed by atoms with Gasteiger partial charge >= 0.3 is 0 Å². The second kappa shape index (κ2) is 4.62. The fraction of sp³-hybridized carbons (Fsp3) is 0.455. The van der Waals surface area contributed by atoms with Crippen molar-refractivity contribution in [3.63, 3.8) is 0 Å². The Bertz CT molecular complexity index is 364. The van der Waals surface area contributed by atoms with E-state index in [2.05, 4.69) is 4.98 Å². The molecule has 1 aliphatic carbocycles. The zero-order valence-electron chi connectivity index (χ0n) is 8.28. The number of aldehydes is 1. The van der Waals surface area contributed by atoms with Crippen LogP contribution in [-0.4, -0.2) is 17.9 Å². The molecule has 1 aromatic heterocycles. The lowest BCUT2D eigenvalue weighted by atomic mass is 10.3. The van der Waals surface area contributed by atoms with Crippen LogP contribution in [0.15, 0.2) is 12.3 Å². The van der Waals surface area contributed by atoms with Gasteiger partial charge in [0.15, 0.2) is 6.29 Å². The molecule has 0 bridgehead atoms. The molecule has 0 amide bonds. The van der Waals surface area contributed by atoms with E-state index in [4.69, 9.17) is 16.3 Å². The Balaban J connectivity index is 1.91. The van der Waals surface area contributed by atoms with E-state index >= 15 is 0 Å². The van der Waals surface area contributed by atoms with Crippen molar-refractivity contribution in [1.82, 2.24) is 4.98 Å². The molecule has 4 heteroatoms. The molecule has 0 saturated heterocycles. The Hall–Kier alpha value is -1.09. The number of hydrogen-bond acceptors (Lipinski definition) is 3. The highest BCUT2D eigenvalue weighted by Crippen LogP contribution is 2.32. The lowest BCUT2D eigenvalue weighted by Crippen LogP contribution is -2.00. The quantitative estimate of drug-likeness (QED) is 0.724. The molecular formula is C11H12ClNO2. The van der Waals surface area contributed by atoms with Gasteiger partial charge in [-0.25, -0.2) is 4.98 Å². The number of carbonyl (C=O) groups excluding carboxylic acids is 1. The minimum absolute atomic E-state index is 0.399. The molecule has 1 aliphatic rings. The smallest absolute Gasteiger partial charge is 0.232 e. The summed E-state index contributed by atoms with van der Waals surface area (Å²) in [5.41, 5.74) is 0.467. The molecule has 0 spiro atoms. The Morgan fingerprint density at radius 3 is 3.00 bits per heavy atom. The number of hydrogen-bond donors (Lipinski definition) is 0. The molecule has 0 unspecified atom stereocenters. The number of carbonyl (C=O) groups is 1. The third-order valence-electron chi connectivity index (χ3n) is 2.43. The van der Waals surface area contributed by atoms with E-state index in [1.807, 2.05) is 0 Å². The van der Waals surface area contributed by atoms with Gasteiger partial charge in [-0.15, -0.1) is 0 Å². The molecule has 0 N–H and O–H groups in total. The first-order valence-electron chi connectivity index (χ1n) is 5.03. The lowest BCUT2D eigenvalue weighted by molar-refractivity contribution is 0.112. The van der Waals surface area contributed by atoms with Crippen LogP contribution in [-0.2, 0) is 0 Å². The predicted molar refractivity (Wildman–Crippen MR) is 57.5 cm³/mol. The first-order chi connectivity index (χ1) is 7.29. The Labute approximate surface area is 93.4 Å². The van der Waals surface area contributed by atoms with Crippen LogP contribution >= 0.6 is 11.6 Å². The van der Waals surface area contributed by atoms with Crippen LogP contribution in [0.3, 0.4) is 0 Å². The summed E-state index contributed by atoms with van der Waals surface area (Å²) >= 11 is 5.89. The van der Waals surface area contributed by atoms with Gasteiger partial charge in [0, 0.05) is 11.8 Å². The summed E-state index contributed by atoms with van der Waals surface area (Å²) in [6, 6.07) is 1.56. The number of ether oxygens (including phenoxy) is 1. The molecule has 0 aliphatic heterocycles. The van der Waals surface area contributed by atoms with Gasteiger partial charge in [-0.1, -0.05) is 24.4 Å². The van der Waals surface area contributed by atoms with Crippen LogP contribution < -0.4 is 4.74 Å². The number of nitrogens with zero attached hydrogens (tertiary/aromatic N) is 1. The zero-order valence-corrected chi connectivity index (χ0v) is 9.04. The molecule has 1 fully saturated rings. The third kappa shape index (κ3) is 2.93. The van der Waals surface area contributed by atoms with Crippen LogP contribution in [0.1, 0.15) is 29.6 Å². The SMILES string of the molecule is O=Cc1cnc(OCCC2CC2)c(Cl)c1. The van der Waals surface area contributed by atoms with E-state index in [-0.39, 0.29) is 0 Å². The molecular weight excluding hydrogens is 214 g/mol. The number of halogens is 1. The highest BCUT2D eigenvalue weighted by Gasteiger charge is 2.20. The maximum atomic E-state index is 10.4. The minimum Gasteiger partial charge on any atom is -0.477 e. The summed E-state index contributed by atoms with van der Waals surface area (Å²) in [6.45, 7) is 0.651. The maximum Gasteiger partial charge on any atom is 0.232 e. The van der Waals surface area contributed by atoms with E-state index in [0.29, 0.717) is 29.4 Å². The second-order valence-electron chi connectivity index (χ2n) is 3.75. The second-order valence-corrected chi connectivity index (χ2v) is 4.16. The average molecular weight is 226 g/mol. The van der Waals surface area contributed by atoms with Gasteiger partial charge in [0.1, 0.15) is 5.02 Å². The monoisotopic (exact) mass is 225 g/mol. The fourth-order valence-corrected chi connectivity index (χ4v) is 1.57. The van der Waals surface area contributed by atoms with E-state index < -0.39 is 0 Å².